The number of carbonyl (C=O) groups is 2. The topological polar surface area (TPSA) is 68.3 Å². The summed E-state index contributed by atoms with van der Waals surface area (Å²) >= 11 is 5.72. The summed E-state index contributed by atoms with van der Waals surface area (Å²) in [5.74, 6) is -0.500. The molecule has 2 rings (SSSR count). The number of carbonyl (C=O) groups excluding carboxylic acids is 2. The van der Waals surface area contributed by atoms with E-state index >= 15 is 0 Å². The van der Waals surface area contributed by atoms with Gasteiger partial charge in [0.1, 0.15) is 5.82 Å². The van der Waals surface area contributed by atoms with E-state index in [0.29, 0.717) is 17.3 Å². The molecule has 0 saturated heterocycles. The van der Waals surface area contributed by atoms with Gasteiger partial charge in [0.25, 0.3) is 5.91 Å². The third-order valence-corrected chi connectivity index (χ3v) is 3.34. The van der Waals surface area contributed by atoms with E-state index in [2.05, 4.69) is 10.3 Å². The van der Waals surface area contributed by atoms with E-state index in [1.54, 1.807) is 12.1 Å². The first-order valence-corrected chi connectivity index (χ1v) is 7.58. The van der Waals surface area contributed by atoms with Gasteiger partial charge in [0.15, 0.2) is 6.10 Å². The van der Waals surface area contributed by atoms with Crippen LogP contribution < -0.4 is 5.32 Å². The van der Waals surface area contributed by atoms with E-state index < -0.39 is 18.0 Å². The molecule has 5 nitrogen and oxygen atoms in total. The Morgan fingerprint density at radius 1 is 1.22 bits per heavy atom. The highest BCUT2D eigenvalue weighted by molar-refractivity contribution is 6.30. The van der Waals surface area contributed by atoms with Crippen LogP contribution >= 0.6 is 11.6 Å². The van der Waals surface area contributed by atoms with Gasteiger partial charge >= 0.3 is 5.97 Å². The molecule has 0 aliphatic heterocycles. The number of hydrogen-bond donors (Lipinski definition) is 1. The highest BCUT2D eigenvalue weighted by Crippen LogP contribution is 2.10. The van der Waals surface area contributed by atoms with Crippen LogP contribution in [0.4, 0.5) is 5.82 Å². The van der Waals surface area contributed by atoms with E-state index in [0.717, 1.165) is 5.56 Å². The second-order valence-corrected chi connectivity index (χ2v) is 5.41. The molecule has 0 radical (unpaired) electrons. The molecule has 2 aromatic rings. The molecule has 0 aliphatic carbocycles. The number of aromatic nitrogens is 1. The minimum Gasteiger partial charge on any atom is -0.453 e. The van der Waals surface area contributed by atoms with E-state index in [4.69, 9.17) is 16.3 Å². The zero-order valence-electron chi connectivity index (χ0n) is 12.7. The lowest BCUT2D eigenvalue weighted by Gasteiger charge is -2.13. The number of halogens is 1. The van der Waals surface area contributed by atoms with Crippen molar-refractivity contribution in [3.05, 3.63) is 59.2 Å². The number of aryl methyl sites for hydroxylation is 1. The number of ether oxygens (including phenoxy) is 1. The maximum Gasteiger partial charge on any atom is 0.306 e. The van der Waals surface area contributed by atoms with Crippen molar-refractivity contribution in [1.29, 1.82) is 0 Å². The Bertz CT molecular complexity index is 659. The Balaban J connectivity index is 1.78. The molecule has 1 N–H and O–H groups in total. The van der Waals surface area contributed by atoms with Crippen LogP contribution in [0.5, 0.6) is 0 Å². The molecule has 1 atom stereocenters. The summed E-state index contributed by atoms with van der Waals surface area (Å²) in [4.78, 5) is 27.7. The van der Waals surface area contributed by atoms with Gasteiger partial charge in [0.2, 0.25) is 0 Å². The van der Waals surface area contributed by atoms with Crippen molar-refractivity contribution in [3.8, 4) is 0 Å². The van der Waals surface area contributed by atoms with Crippen LogP contribution in [0.1, 0.15) is 18.9 Å². The van der Waals surface area contributed by atoms with Gasteiger partial charge in [-0.1, -0.05) is 41.9 Å². The van der Waals surface area contributed by atoms with Crippen molar-refractivity contribution >= 4 is 29.3 Å². The summed E-state index contributed by atoms with van der Waals surface area (Å²) in [7, 11) is 0. The van der Waals surface area contributed by atoms with Gasteiger partial charge in [-0.15, -0.1) is 0 Å². The Morgan fingerprint density at radius 2 is 1.96 bits per heavy atom. The molecule has 1 aromatic carbocycles. The summed E-state index contributed by atoms with van der Waals surface area (Å²) in [6, 6.07) is 12.8. The highest BCUT2D eigenvalue weighted by atomic mass is 35.5. The van der Waals surface area contributed by atoms with Gasteiger partial charge in [0.05, 0.1) is 5.02 Å². The summed E-state index contributed by atoms with van der Waals surface area (Å²) < 4.78 is 5.12. The third-order valence-electron chi connectivity index (χ3n) is 3.12. The van der Waals surface area contributed by atoms with E-state index in [1.165, 1.54) is 13.1 Å². The number of nitrogens with one attached hydrogen (secondary N) is 1. The van der Waals surface area contributed by atoms with Gasteiger partial charge in [-0.2, -0.15) is 0 Å². The molecular weight excluding hydrogens is 316 g/mol. The Morgan fingerprint density at radius 3 is 2.61 bits per heavy atom. The fraction of sp³-hybridized carbons (Fsp3) is 0.235. The predicted molar refractivity (Wildman–Crippen MR) is 88.2 cm³/mol. The second-order valence-electron chi connectivity index (χ2n) is 4.97. The summed E-state index contributed by atoms with van der Waals surface area (Å²) in [6.07, 6.45) is 1.33. The first-order valence-electron chi connectivity index (χ1n) is 7.20. The molecular formula is C17H17ClN2O3. The van der Waals surface area contributed by atoms with E-state index in [1.807, 2.05) is 30.3 Å². The molecule has 1 amide bonds. The lowest BCUT2D eigenvalue weighted by molar-refractivity contribution is -0.153. The van der Waals surface area contributed by atoms with Crippen LogP contribution in [0.3, 0.4) is 0 Å². The monoisotopic (exact) mass is 332 g/mol. The number of anilines is 1. The van der Waals surface area contributed by atoms with Crippen LogP contribution in [0, 0.1) is 0 Å². The lowest BCUT2D eigenvalue weighted by atomic mass is 10.1. The zero-order chi connectivity index (χ0) is 16.7. The fourth-order valence-corrected chi connectivity index (χ4v) is 1.99. The van der Waals surface area contributed by atoms with Crippen LogP contribution in [-0.4, -0.2) is 23.0 Å². The Labute approximate surface area is 139 Å². The molecule has 0 spiro atoms. The van der Waals surface area contributed by atoms with Gasteiger partial charge in [-0.05, 0) is 31.0 Å². The average molecular weight is 333 g/mol. The maximum absolute atomic E-state index is 11.9. The summed E-state index contributed by atoms with van der Waals surface area (Å²) in [5.41, 5.74) is 1.05. The maximum atomic E-state index is 11.9. The van der Waals surface area contributed by atoms with Crippen molar-refractivity contribution in [2.75, 3.05) is 5.32 Å². The van der Waals surface area contributed by atoms with Gasteiger partial charge in [-0.25, -0.2) is 4.98 Å². The lowest BCUT2D eigenvalue weighted by Crippen LogP contribution is -2.30. The highest BCUT2D eigenvalue weighted by Gasteiger charge is 2.18. The summed E-state index contributed by atoms with van der Waals surface area (Å²) in [6.45, 7) is 1.52. The van der Waals surface area contributed by atoms with Crippen molar-refractivity contribution in [1.82, 2.24) is 4.98 Å². The number of amides is 1. The average Bonchev–Trinajstić information content (AvgIpc) is 2.56. The number of rotatable bonds is 6. The molecule has 1 heterocycles. The van der Waals surface area contributed by atoms with E-state index in [-0.39, 0.29) is 6.42 Å². The quantitative estimate of drug-likeness (QED) is 0.824. The fourth-order valence-electron chi connectivity index (χ4n) is 1.88. The van der Waals surface area contributed by atoms with Crippen LogP contribution in [-0.2, 0) is 20.7 Å². The molecule has 0 fully saturated rings. The minimum atomic E-state index is -0.893. The number of esters is 1. The second kappa shape index (κ2) is 8.29. The first kappa shape index (κ1) is 17.0. The van der Waals surface area contributed by atoms with Crippen LogP contribution in [0.2, 0.25) is 5.02 Å². The molecule has 1 aromatic heterocycles. The summed E-state index contributed by atoms with van der Waals surface area (Å²) in [5, 5.41) is 3.04. The van der Waals surface area contributed by atoms with Crippen LogP contribution in [0.15, 0.2) is 48.7 Å². The van der Waals surface area contributed by atoms with Crippen molar-refractivity contribution in [2.24, 2.45) is 0 Å². The molecule has 120 valence electrons. The number of benzene rings is 1. The number of nitrogens with zero attached hydrogens (tertiary/aromatic N) is 1. The Kier molecular flexibility index (Phi) is 6.11. The molecule has 0 bridgehead atoms. The SMILES string of the molecule is C[C@H](OC(=O)CCc1ccccc1)C(=O)Nc1ccc(Cl)cn1. The molecule has 6 heteroatoms. The van der Waals surface area contributed by atoms with Gasteiger partial charge < -0.3 is 10.1 Å². The first-order chi connectivity index (χ1) is 11.0. The van der Waals surface area contributed by atoms with Crippen molar-refractivity contribution in [2.45, 2.75) is 25.9 Å². The standard InChI is InChI=1S/C17H17ClN2O3/c1-12(17(22)20-15-9-8-14(18)11-19-15)23-16(21)10-7-13-5-3-2-4-6-13/h2-6,8-9,11-12H,7,10H2,1H3,(H,19,20,22)/t12-/m0/s1. The molecule has 0 unspecified atom stereocenters. The van der Waals surface area contributed by atoms with Crippen LogP contribution in [0.25, 0.3) is 0 Å². The normalized spacial score (nSPS) is 11.6. The molecule has 23 heavy (non-hydrogen) atoms. The zero-order valence-corrected chi connectivity index (χ0v) is 13.4. The smallest absolute Gasteiger partial charge is 0.306 e. The molecule has 0 saturated carbocycles. The minimum absolute atomic E-state index is 0.223. The van der Waals surface area contributed by atoms with Gasteiger partial charge in [-0.3, -0.25) is 9.59 Å². The molecule has 0 aliphatic rings. The third kappa shape index (κ3) is 5.71. The van der Waals surface area contributed by atoms with E-state index in [9.17, 15) is 9.59 Å². The Hall–Kier alpha value is -2.40. The van der Waals surface area contributed by atoms with Gasteiger partial charge in [0, 0.05) is 12.6 Å². The largest absolute Gasteiger partial charge is 0.453 e. The van der Waals surface area contributed by atoms with Crippen molar-refractivity contribution < 1.29 is 14.3 Å². The van der Waals surface area contributed by atoms with Crippen molar-refractivity contribution in [3.63, 3.8) is 0 Å². The predicted octanol–water partition coefficient (Wildman–Crippen LogP) is 3.24. The number of hydrogen-bond acceptors (Lipinski definition) is 4. The number of pyridine rings is 1.